The summed E-state index contributed by atoms with van der Waals surface area (Å²) in [4.78, 5) is 12.4. The van der Waals surface area contributed by atoms with Crippen LogP contribution >= 0.6 is 0 Å². The van der Waals surface area contributed by atoms with Gasteiger partial charge < -0.3 is 5.32 Å². The molecule has 1 aliphatic carbocycles. The van der Waals surface area contributed by atoms with E-state index >= 15 is 0 Å². The molecule has 1 aliphatic rings. The average molecular weight is 245 g/mol. The van der Waals surface area contributed by atoms with Crippen molar-refractivity contribution in [3.8, 4) is 0 Å². The number of carbonyl (C=O) groups is 1. The molecule has 0 aromatic heterocycles. The van der Waals surface area contributed by atoms with Crippen molar-refractivity contribution in [3.63, 3.8) is 0 Å². The smallest absolute Gasteiger partial charge is 0.227 e. The third kappa shape index (κ3) is 2.74. The van der Waals surface area contributed by atoms with Crippen molar-refractivity contribution in [2.24, 2.45) is 0 Å². The maximum Gasteiger partial charge on any atom is 0.227 e. The van der Waals surface area contributed by atoms with Gasteiger partial charge in [0.25, 0.3) is 0 Å². The minimum absolute atomic E-state index is 0.0653. The highest BCUT2D eigenvalue weighted by molar-refractivity contribution is 5.84. The van der Waals surface area contributed by atoms with Crippen molar-refractivity contribution >= 4 is 5.91 Å². The molecule has 2 rings (SSSR count). The van der Waals surface area contributed by atoms with Gasteiger partial charge in [0, 0.05) is 6.04 Å². The second kappa shape index (κ2) is 6.03. The van der Waals surface area contributed by atoms with Crippen LogP contribution in [0, 0.1) is 0 Å². The fourth-order valence-corrected chi connectivity index (χ4v) is 2.82. The van der Waals surface area contributed by atoms with E-state index in [2.05, 4.69) is 37.4 Å². The Hall–Kier alpha value is -1.31. The van der Waals surface area contributed by atoms with E-state index in [0.717, 1.165) is 32.1 Å². The fourth-order valence-electron chi connectivity index (χ4n) is 2.82. The normalized spacial score (nSPS) is 18.5. The Morgan fingerprint density at radius 1 is 1.33 bits per heavy atom. The molecule has 0 saturated heterocycles. The van der Waals surface area contributed by atoms with E-state index in [-0.39, 0.29) is 11.8 Å². The third-order valence-electron chi connectivity index (χ3n) is 4.02. The maximum atomic E-state index is 12.4. The molecule has 1 amide bonds. The molecule has 18 heavy (non-hydrogen) atoms. The molecule has 1 aromatic carbocycles. The lowest BCUT2D eigenvalue weighted by atomic mass is 9.82. The molecule has 1 aromatic rings. The van der Waals surface area contributed by atoms with E-state index in [9.17, 15) is 4.79 Å². The average Bonchev–Trinajstić information content (AvgIpc) is 2.43. The van der Waals surface area contributed by atoms with Gasteiger partial charge in [0.05, 0.1) is 5.92 Å². The predicted octanol–water partition coefficient (Wildman–Crippen LogP) is 3.41. The quantitative estimate of drug-likeness (QED) is 0.865. The molecule has 0 saturated carbocycles. The van der Waals surface area contributed by atoms with Gasteiger partial charge in [-0.15, -0.1) is 0 Å². The second-order valence-corrected chi connectivity index (χ2v) is 5.17. The largest absolute Gasteiger partial charge is 0.353 e. The summed E-state index contributed by atoms with van der Waals surface area (Å²) in [6.07, 6.45) is 5.25. The summed E-state index contributed by atoms with van der Waals surface area (Å²) in [7, 11) is 0. The summed E-state index contributed by atoms with van der Waals surface area (Å²) in [5.41, 5.74) is 2.60. The summed E-state index contributed by atoms with van der Waals surface area (Å²) in [5.74, 6) is 0.284. The first-order chi connectivity index (χ1) is 8.76. The second-order valence-electron chi connectivity index (χ2n) is 5.17. The lowest BCUT2D eigenvalue weighted by Gasteiger charge is -2.26. The summed E-state index contributed by atoms with van der Waals surface area (Å²) in [6, 6.07) is 8.71. The van der Waals surface area contributed by atoms with Gasteiger partial charge in [-0.1, -0.05) is 38.1 Å². The van der Waals surface area contributed by atoms with Gasteiger partial charge in [-0.2, -0.15) is 0 Å². The highest BCUT2D eigenvalue weighted by Gasteiger charge is 2.26. The SMILES string of the molecule is CCC(CC)NC(=O)C1CCCc2ccccc21. The number of fused-ring (bicyclic) bond motifs is 1. The molecule has 0 radical (unpaired) electrons. The fraction of sp³-hybridized carbons (Fsp3) is 0.562. The van der Waals surface area contributed by atoms with Gasteiger partial charge in [0.2, 0.25) is 5.91 Å². The highest BCUT2D eigenvalue weighted by atomic mass is 16.1. The maximum absolute atomic E-state index is 12.4. The van der Waals surface area contributed by atoms with E-state index in [4.69, 9.17) is 0 Å². The standard InChI is InChI=1S/C16H23NO/c1-3-13(4-2)17-16(18)15-11-7-9-12-8-5-6-10-14(12)15/h5-6,8,10,13,15H,3-4,7,9,11H2,1-2H3,(H,17,18). The zero-order valence-corrected chi connectivity index (χ0v) is 11.4. The molecule has 2 nitrogen and oxygen atoms in total. The summed E-state index contributed by atoms with van der Waals surface area (Å²) < 4.78 is 0. The first-order valence-electron chi connectivity index (χ1n) is 7.14. The molecule has 0 fully saturated rings. The van der Waals surface area contributed by atoms with E-state index in [1.165, 1.54) is 11.1 Å². The van der Waals surface area contributed by atoms with E-state index < -0.39 is 0 Å². The lowest BCUT2D eigenvalue weighted by molar-refractivity contribution is -0.123. The summed E-state index contributed by atoms with van der Waals surface area (Å²) in [5, 5.41) is 3.19. The number of carbonyl (C=O) groups excluding carboxylic acids is 1. The Bertz CT molecular complexity index is 409. The Kier molecular flexibility index (Phi) is 4.40. The van der Waals surface area contributed by atoms with Crippen LogP contribution in [0.1, 0.15) is 56.6 Å². The van der Waals surface area contributed by atoms with Gasteiger partial charge in [0.1, 0.15) is 0 Å². The Morgan fingerprint density at radius 3 is 2.78 bits per heavy atom. The summed E-state index contributed by atoms with van der Waals surface area (Å²) >= 11 is 0. The van der Waals surface area contributed by atoms with Crippen LogP contribution in [-0.4, -0.2) is 11.9 Å². The minimum Gasteiger partial charge on any atom is -0.353 e. The van der Waals surface area contributed by atoms with Gasteiger partial charge in [-0.25, -0.2) is 0 Å². The van der Waals surface area contributed by atoms with E-state index in [1.807, 2.05) is 6.07 Å². The molecule has 2 heteroatoms. The van der Waals surface area contributed by atoms with E-state index in [1.54, 1.807) is 0 Å². The zero-order valence-electron chi connectivity index (χ0n) is 11.4. The first-order valence-corrected chi connectivity index (χ1v) is 7.14. The van der Waals surface area contributed by atoms with Gasteiger partial charge >= 0.3 is 0 Å². The van der Waals surface area contributed by atoms with Crippen LogP contribution in [0.3, 0.4) is 0 Å². The third-order valence-corrected chi connectivity index (χ3v) is 4.02. The van der Waals surface area contributed by atoms with Crippen LogP contribution in [0.25, 0.3) is 0 Å². The van der Waals surface area contributed by atoms with Gasteiger partial charge in [-0.05, 0) is 43.2 Å². The molecule has 0 bridgehead atoms. The molecule has 1 N–H and O–H groups in total. The van der Waals surface area contributed by atoms with Crippen molar-refractivity contribution in [3.05, 3.63) is 35.4 Å². The Labute approximate surface area is 110 Å². The van der Waals surface area contributed by atoms with E-state index in [0.29, 0.717) is 6.04 Å². The van der Waals surface area contributed by atoms with Crippen LogP contribution in [0.15, 0.2) is 24.3 Å². The molecule has 1 atom stereocenters. The highest BCUT2D eigenvalue weighted by Crippen LogP contribution is 2.31. The van der Waals surface area contributed by atoms with Crippen molar-refractivity contribution in [2.45, 2.75) is 57.9 Å². The molecule has 1 unspecified atom stereocenters. The molecule has 0 heterocycles. The van der Waals surface area contributed by atoms with Crippen LogP contribution in [0.4, 0.5) is 0 Å². The number of nitrogens with one attached hydrogen (secondary N) is 1. The van der Waals surface area contributed by atoms with Crippen molar-refractivity contribution < 1.29 is 4.79 Å². The Balaban J connectivity index is 2.12. The number of hydrogen-bond acceptors (Lipinski definition) is 1. The number of hydrogen-bond donors (Lipinski definition) is 1. The van der Waals surface area contributed by atoms with Crippen LogP contribution < -0.4 is 5.32 Å². The zero-order chi connectivity index (χ0) is 13.0. The van der Waals surface area contributed by atoms with Crippen molar-refractivity contribution in [1.82, 2.24) is 5.32 Å². The van der Waals surface area contributed by atoms with Gasteiger partial charge in [-0.3, -0.25) is 4.79 Å². The topological polar surface area (TPSA) is 29.1 Å². The summed E-state index contributed by atoms with van der Waals surface area (Å²) in [6.45, 7) is 4.26. The molecular formula is C16H23NO. The van der Waals surface area contributed by atoms with Crippen molar-refractivity contribution in [1.29, 1.82) is 0 Å². The van der Waals surface area contributed by atoms with Crippen molar-refractivity contribution in [2.75, 3.05) is 0 Å². The number of rotatable bonds is 4. The minimum atomic E-state index is 0.0653. The molecular weight excluding hydrogens is 222 g/mol. The predicted molar refractivity (Wildman–Crippen MR) is 74.6 cm³/mol. The molecule has 98 valence electrons. The van der Waals surface area contributed by atoms with Crippen LogP contribution in [0.5, 0.6) is 0 Å². The Morgan fingerprint density at radius 2 is 2.06 bits per heavy atom. The molecule has 0 aliphatic heterocycles. The van der Waals surface area contributed by atoms with Crippen LogP contribution in [-0.2, 0) is 11.2 Å². The number of aryl methyl sites for hydroxylation is 1. The monoisotopic (exact) mass is 245 g/mol. The van der Waals surface area contributed by atoms with Gasteiger partial charge in [0.15, 0.2) is 0 Å². The molecule has 0 spiro atoms. The first kappa shape index (κ1) is 13.1. The number of benzene rings is 1. The lowest BCUT2D eigenvalue weighted by Crippen LogP contribution is -2.38. The number of amides is 1. The van der Waals surface area contributed by atoms with Crippen LogP contribution in [0.2, 0.25) is 0 Å².